The number of urea groups is 1. The Hall–Kier alpha value is -2.25. The highest BCUT2D eigenvalue weighted by molar-refractivity contribution is 6.31. The summed E-state index contributed by atoms with van der Waals surface area (Å²) in [6.45, 7) is 0. The number of hydrogen-bond donors (Lipinski definition) is 3. The maximum atomic E-state index is 12.9. The van der Waals surface area contributed by atoms with E-state index in [2.05, 4.69) is 10.6 Å². The van der Waals surface area contributed by atoms with Gasteiger partial charge in [-0.2, -0.15) is 13.2 Å². The van der Waals surface area contributed by atoms with Gasteiger partial charge in [-0.15, -0.1) is 0 Å². The lowest BCUT2D eigenvalue weighted by molar-refractivity contribution is -0.137. The molecule has 0 radical (unpaired) electrons. The van der Waals surface area contributed by atoms with E-state index in [1.807, 2.05) is 12.1 Å². The normalized spacial score (nSPS) is 19.4. The van der Waals surface area contributed by atoms with Gasteiger partial charge >= 0.3 is 12.2 Å². The topological polar surface area (TPSA) is 61.4 Å². The molecule has 8 heteroatoms. The van der Waals surface area contributed by atoms with E-state index < -0.39 is 34.9 Å². The zero-order valence-corrected chi connectivity index (χ0v) is 13.5. The molecule has 3 rings (SSSR count). The van der Waals surface area contributed by atoms with Crippen LogP contribution in [0.2, 0.25) is 5.02 Å². The summed E-state index contributed by atoms with van der Waals surface area (Å²) in [5.41, 5.74) is 0.636. The standard InChI is InChI=1S/C17H14ClF3N2O2/c18-13-6-5-10(8-12(13)17(19,20)21)22-16(25)23-15-11-4-2-1-3-9(11)7-14(15)24/h1-6,8,14-15,24H,7H2,(H2,22,23,25)/t14-,15+/m0/s1. The quantitative estimate of drug-likeness (QED) is 0.744. The van der Waals surface area contributed by atoms with Crippen molar-refractivity contribution in [3.05, 3.63) is 64.2 Å². The van der Waals surface area contributed by atoms with E-state index >= 15 is 0 Å². The van der Waals surface area contributed by atoms with Gasteiger partial charge in [0.05, 0.1) is 22.7 Å². The summed E-state index contributed by atoms with van der Waals surface area (Å²) in [5, 5.41) is 14.6. The molecule has 0 spiro atoms. The number of anilines is 1. The third-order valence-corrected chi connectivity index (χ3v) is 4.35. The van der Waals surface area contributed by atoms with Crippen molar-refractivity contribution in [1.29, 1.82) is 0 Å². The lowest BCUT2D eigenvalue weighted by Crippen LogP contribution is -2.36. The summed E-state index contributed by atoms with van der Waals surface area (Å²) in [7, 11) is 0. The molecule has 1 aliphatic rings. The average molecular weight is 371 g/mol. The van der Waals surface area contributed by atoms with Gasteiger partial charge in [0, 0.05) is 12.1 Å². The van der Waals surface area contributed by atoms with Crippen molar-refractivity contribution in [3.63, 3.8) is 0 Å². The molecular formula is C17H14ClF3N2O2. The number of aliphatic hydroxyl groups is 1. The molecule has 0 aliphatic heterocycles. The first kappa shape index (κ1) is 17.6. The van der Waals surface area contributed by atoms with Gasteiger partial charge in [-0.05, 0) is 29.3 Å². The Bertz CT molecular complexity index is 811. The largest absolute Gasteiger partial charge is 0.417 e. The third-order valence-electron chi connectivity index (χ3n) is 4.02. The highest BCUT2D eigenvalue weighted by Crippen LogP contribution is 2.36. The lowest BCUT2D eigenvalue weighted by atomic mass is 10.1. The van der Waals surface area contributed by atoms with E-state index in [9.17, 15) is 23.1 Å². The van der Waals surface area contributed by atoms with Crippen LogP contribution in [0.5, 0.6) is 0 Å². The van der Waals surface area contributed by atoms with E-state index in [-0.39, 0.29) is 5.69 Å². The zero-order chi connectivity index (χ0) is 18.2. The minimum atomic E-state index is -4.62. The van der Waals surface area contributed by atoms with Crippen LogP contribution in [-0.2, 0) is 12.6 Å². The second kappa shape index (κ2) is 6.57. The predicted octanol–water partition coefficient (Wildman–Crippen LogP) is 4.14. The van der Waals surface area contributed by atoms with Crippen LogP contribution >= 0.6 is 11.6 Å². The second-order valence-corrected chi connectivity index (χ2v) is 6.15. The molecule has 4 nitrogen and oxygen atoms in total. The van der Waals surface area contributed by atoms with Crippen molar-refractivity contribution < 1.29 is 23.1 Å². The number of alkyl halides is 3. The monoisotopic (exact) mass is 370 g/mol. The van der Waals surface area contributed by atoms with Gasteiger partial charge in [0.2, 0.25) is 0 Å². The molecule has 0 saturated heterocycles. The lowest BCUT2D eigenvalue weighted by Gasteiger charge is -2.19. The molecule has 0 fully saturated rings. The van der Waals surface area contributed by atoms with Gasteiger partial charge in [0.1, 0.15) is 0 Å². The number of carbonyl (C=O) groups excluding carboxylic acids is 1. The SMILES string of the molecule is O=C(Nc1ccc(Cl)c(C(F)(F)F)c1)N[C@@H]1c2ccccc2C[C@@H]1O. The van der Waals surface area contributed by atoms with Gasteiger partial charge in [0.25, 0.3) is 0 Å². The van der Waals surface area contributed by atoms with Crippen molar-refractivity contribution in [3.8, 4) is 0 Å². The maximum absolute atomic E-state index is 12.9. The highest BCUT2D eigenvalue weighted by atomic mass is 35.5. The summed E-state index contributed by atoms with van der Waals surface area (Å²) in [5.74, 6) is 0. The average Bonchev–Trinajstić information content (AvgIpc) is 2.84. The van der Waals surface area contributed by atoms with Gasteiger partial charge < -0.3 is 15.7 Å². The molecule has 132 valence electrons. The Morgan fingerprint density at radius 1 is 1.20 bits per heavy atom. The van der Waals surface area contributed by atoms with E-state index in [0.29, 0.717) is 6.42 Å². The first-order valence-electron chi connectivity index (χ1n) is 7.46. The molecule has 0 bridgehead atoms. The van der Waals surface area contributed by atoms with Crippen molar-refractivity contribution in [1.82, 2.24) is 5.32 Å². The van der Waals surface area contributed by atoms with E-state index in [4.69, 9.17) is 11.6 Å². The smallest absolute Gasteiger partial charge is 0.390 e. The number of hydrogen-bond acceptors (Lipinski definition) is 2. The number of carbonyl (C=O) groups is 1. The minimum Gasteiger partial charge on any atom is -0.390 e. The molecule has 1 aliphatic carbocycles. The third kappa shape index (κ3) is 3.72. The molecule has 25 heavy (non-hydrogen) atoms. The molecular weight excluding hydrogens is 357 g/mol. The van der Waals surface area contributed by atoms with Gasteiger partial charge in [0.15, 0.2) is 0 Å². The molecule has 0 aromatic heterocycles. The molecule has 3 N–H and O–H groups in total. The van der Waals surface area contributed by atoms with Gasteiger partial charge in [-0.1, -0.05) is 35.9 Å². The van der Waals surface area contributed by atoms with E-state index in [1.54, 1.807) is 12.1 Å². The van der Waals surface area contributed by atoms with Gasteiger partial charge in [-0.25, -0.2) is 4.79 Å². The Kier molecular flexibility index (Phi) is 4.62. The van der Waals surface area contributed by atoms with Gasteiger partial charge in [-0.3, -0.25) is 0 Å². The number of rotatable bonds is 2. The number of benzene rings is 2. The fourth-order valence-electron chi connectivity index (χ4n) is 2.88. The number of halogens is 4. The number of nitrogens with one attached hydrogen (secondary N) is 2. The van der Waals surface area contributed by atoms with E-state index in [0.717, 1.165) is 23.3 Å². The van der Waals surface area contributed by atoms with Crippen molar-refractivity contribution >= 4 is 23.3 Å². The van der Waals surface area contributed by atoms with Crippen LogP contribution in [0.25, 0.3) is 0 Å². The van der Waals surface area contributed by atoms with Crippen LogP contribution in [0.4, 0.5) is 23.7 Å². The molecule has 0 saturated carbocycles. The highest BCUT2D eigenvalue weighted by Gasteiger charge is 2.34. The predicted molar refractivity (Wildman–Crippen MR) is 87.5 cm³/mol. The molecule has 2 amide bonds. The second-order valence-electron chi connectivity index (χ2n) is 5.74. The Morgan fingerprint density at radius 2 is 1.92 bits per heavy atom. The summed E-state index contributed by atoms with van der Waals surface area (Å²) in [6.07, 6.45) is -5.01. The van der Waals surface area contributed by atoms with Crippen molar-refractivity contribution in [2.45, 2.75) is 24.7 Å². The minimum absolute atomic E-state index is 0.0463. The van der Waals surface area contributed by atoms with E-state index in [1.165, 1.54) is 6.07 Å². The fraction of sp³-hybridized carbons (Fsp3) is 0.235. The van der Waals surface area contributed by atoms with Crippen LogP contribution < -0.4 is 10.6 Å². The maximum Gasteiger partial charge on any atom is 0.417 e. The summed E-state index contributed by atoms with van der Waals surface area (Å²) in [4.78, 5) is 12.1. The number of amides is 2. The molecule has 0 unspecified atom stereocenters. The Balaban J connectivity index is 1.74. The van der Waals surface area contributed by atoms with Crippen LogP contribution in [0, 0.1) is 0 Å². The molecule has 2 aromatic carbocycles. The Labute approximate surface area is 146 Å². The zero-order valence-electron chi connectivity index (χ0n) is 12.8. The Morgan fingerprint density at radius 3 is 2.64 bits per heavy atom. The number of fused-ring (bicyclic) bond motifs is 1. The van der Waals surface area contributed by atoms with Crippen LogP contribution in [0.1, 0.15) is 22.7 Å². The molecule has 2 atom stereocenters. The summed E-state index contributed by atoms with van der Waals surface area (Å²) >= 11 is 5.55. The first-order chi connectivity index (χ1) is 11.8. The van der Waals surface area contributed by atoms with Crippen LogP contribution in [0.15, 0.2) is 42.5 Å². The molecule has 2 aromatic rings. The first-order valence-corrected chi connectivity index (χ1v) is 7.83. The molecule has 0 heterocycles. The van der Waals surface area contributed by atoms with Crippen LogP contribution in [0.3, 0.4) is 0 Å². The summed E-state index contributed by atoms with van der Waals surface area (Å²) < 4.78 is 38.6. The fourth-order valence-corrected chi connectivity index (χ4v) is 3.10. The number of aliphatic hydroxyl groups excluding tert-OH is 1. The van der Waals surface area contributed by atoms with Crippen molar-refractivity contribution in [2.24, 2.45) is 0 Å². The summed E-state index contributed by atoms with van der Waals surface area (Å²) in [6, 6.07) is 9.05. The van der Waals surface area contributed by atoms with Crippen molar-refractivity contribution in [2.75, 3.05) is 5.32 Å². The van der Waals surface area contributed by atoms with Crippen LogP contribution in [-0.4, -0.2) is 17.2 Å².